The van der Waals surface area contributed by atoms with Crippen molar-refractivity contribution in [3.63, 3.8) is 0 Å². The summed E-state index contributed by atoms with van der Waals surface area (Å²) in [6.45, 7) is 1.99. The first-order valence-electron chi connectivity index (χ1n) is 4.11. The van der Waals surface area contributed by atoms with Gasteiger partial charge in [0.15, 0.2) is 0 Å². The van der Waals surface area contributed by atoms with E-state index < -0.39 is 8.60 Å². The van der Waals surface area contributed by atoms with Crippen molar-refractivity contribution >= 4 is 14.8 Å². The Morgan fingerprint density at radius 3 is 2.58 bits per heavy atom. The zero-order valence-corrected chi connectivity index (χ0v) is 7.89. The first kappa shape index (κ1) is 10.1. The van der Waals surface area contributed by atoms with E-state index in [-0.39, 0.29) is 0 Å². The Bertz CT molecular complexity index is 126. The van der Waals surface area contributed by atoms with Gasteiger partial charge in [0.05, 0.1) is 19.8 Å². The van der Waals surface area contributed by atoms with Gasteiger partial charge in [-0.05, 0) is 19.1 Å². The smallest absolute Gasteiger partial charge is 0.313 e. The van der Waals surface area contributed by atoms with Gasteiger partial charge in [-0.1, -0.05) is 0 Å². The van der Waals surface area contributed by atoms with E-state index in [0.717, 1.165) is 26.1 Å². The first-order chi connectivity index (χ1) is 5.93. The normalized spacial score (nSPS) is 20.3. The molecule has 1 rings (SSSR count). The summed E-state index contributed by atoms with van der Waals surface area (Å²) in [6.07, 6.45) is 4.05. The molecule has 0 aromatic carbocycles. The van der Waals surface area contributed by atoms with E-state index in [1.54, 1.807) is 0 Å². The molecule has 70 valence electrons. The fourth-order valence-electron chi connectivity index (χ4n) is 0.780. The molecule has 0 spiro atoms. The fraction of sp³-hybridized carbons (Fsp3) is 0.857. The first-order valence-corrected chi connectivity index (χ1v) is 5.21. The second kappa shape index (κ2) is 6.49. The highest BCUT2D eigenvalue weighted by Crippen LogP contribution is 2.41. The number of nitrogens with one attached hydrogen (secondary N) is 1. The van der Waals surface area contributed by atoms with Crippen LogP contribution >= 0.6 is 8.60 Å². The highest BCUT2D eigenvalue weighted by atomic mass is 31.2. The van der Waals surface area contributed by atoms with Crippen molar-refractivity contribution in [1.82, 2.24) is 0 Å². The Labute approximate surface area is 73.7 Å². The van der Waals surface area contributed by atoms with E-state index in [1.165, 1.54) is 6.21 Å². The van der Waals surface area contributed by atoms with Crippen molar-refractivity contribution in [2.45, 2.75) is 19.3 Å². The second-order valence-electron chi connectivity index (χ2n) is 2.42. The minimum absolute atomic E-state index is 0.523. The van der Waals surface area contributed by atoms with Crippen LogP contribution in [0.2, 0.25) is 0 Å². The minimum atomic E-state index is -1.11. The lowest BCUT2D eigenvalue weighted by molar-refractivity contribution is 0.186. The van der Waals surface area contributed by atoms with Crippen LogP contribution in [0.1, 0.15) is 19.3 Å². The molecule has 0 aromatic heterocycles. The summed E-state index contributed by atoms with van der Waals surface area (Å²) >= 11 is 0. The Hall–Kier alpha value is -0.0200. The molecular weight excluding hydrogens is 177 g/mol. The van der Waals surface area contributed by atoms with Crippen molar-refractivity contribution in [3.8, 4) is 0 Å². The van der Waals surface area contributed by atoms with E-state index in [9.17, 15) is 0 Å². The van der Waals surface area contributed by atoms with E-state index in [0.29, 0.717) is 13.0 Å². The standard InChI is InChI=1S/C7H14NO3P/c8-4-3-7-11-12-9-5-1-2-6-10-12/h4,8H,1-3,5-7H2. The molecule has 4 nitrogen and oxygen atoms in total. The molecule has 0 unspecified atom stereocenters. The molecular formula is C7H14NO3P. The molecule has 0 atom stereocenters. The van der Waals surface area contributed by atoms with Crippen molar-refractivity contribution in [3.05, 3.63) is 0 Å². The van der Waals surface area contributed by atoms with Gasteiger partial charge in [0.1, 0.15) is 0 Å². The molecule has 0 bridgehead atoms. The molecule has 0 amide bonds. The van der Waals surface area contributed by atoms with Gasteiger partial charge < -0.3 is 19.0 Å². The SMILES string of the molecule is N=CCCOP1OCCCCO1. The maximum Gasteiger partial charge on any atom is 0.332 e. The third-order valence-electron chi connectivity index (χ3n) is 1.39. The summed E-state index contributed by atoms with van der Waals surface area (Å²) in [6, 6.07) is 0. The molecule has 0 radical (unpaired) electrons. The van der Waals surface area contributed by atoms with Crippen LogP contribution in [0.4, 0.5) is 0 Å². The van der Waals surface area contributed by atoms with Crippen LogP contribution in [0.3, 0.4) is 0 Å². The molecule has 0 aliphatic carbocycles. The summed E-state index contributed by atoms with van der Waals surface area (Å²) < 4.78 is 15.9. The summed E-state index contributed by atoms with van der Waals surface area (Å²) in [5.74, 6) is 0. The Morgan fingerprint density at radius 2 is 2.00 bits per heavy atom. The largest absolute Gasteiger partial charge is 0.332 e. The van der Waals surface area contributed by atoms with Crippen LogP contribution < -0.4 is 0 Å². The van der Waals surface area contributed by atoms with E-state index in [2.05, 4.69) is 0 Å². The van der Waals surface area contributed by atoms with E-state index in [1.807, 2.05) is 0 Å². The van der Waals surface area contributed by atoms with Gasteiger partial charge in [0.2, 0.25) is 0 Å². The van der Waals surface area contributed by atoms with Gasteiger partial charge in [-0.2, -0.15) is 0 Å². The van der Waals surface area contributed by atoms with E-state index >= 15 is 0 Å². The summed E-state index contributed by atoms with van der Waals surface area (Å²) in [5, 5.41) is 6.78. The average molecular weight is 191 g/mol. The number of rotatable bonds is 4. The van der Waals surface area contributed by atoms with Gasteiger partial charge in [0, 0.05) is 6.42 Å². The molecule has 0 saturated carbocycles. The van der Waals surface area contributed by atoms with Crippen LogP contribution in [0.15, 0.2) is 0 Å². The summed E-state index contributed by atoms with van der Waals surface area (Å²) in [4.78, 5) is 0. The summed E-state index contributed by atoms with van der Waals surface area (Å²) in [5.41, 5.74) is 0. The highest BCUT2D eigenvalue weighted by Gasteiger charge is 2.14. The Kier molecular flexibility index (Phi) is 5.44. The Balaban J connectivity index is 2.07. The molecule has 5 heteroatoms. The average Bonchev–Trinajstić information content (AvgIpc) is 2.33. The quantitative estimate of drug-likeness (QED) is 0.420. The van der Waals surface area contributed by atoms with Crippen LogP contribution in [-0.2, 0) is 13.6 Å². The Morgan fingerprint density at radius 1 is 1.33 bits per heavy atom. The van der Waals surface area contributed by atoms with Crippen LogP contribution in [0.25, 0.3) is 0 Å². The monoisotopic (exact) mass is 191 g/mol. The third kappa shape index (κ3) is 4.12. The van der Waals surface area contributed by atoms with Crippen molar-refractivity contribution in [2.75, 3.05) is 19.8 Å². The molecule has 1 aliphatic rings. The lowest BCUT2D eigenvalue weighted by Gasteiger charge is -2.12. The van der Waals surface area contributed by atoms with Crippen LogP contribution in [0.5, 0.6) is 0 Å². The minimum Gasteiger partial charge on any atom is -0.313 e. The molecule has 1 saturated heterocycles. The maximum atomic E-state index is 6.78. The number of hydrogen-bond donors (Lipinski definition) is 1. The predicted octanol–water partition coefficient (Wildman–Crippen LogP) is 2.10. The molecule has 0 aromatic rings. The highest BCUT2D eigenvalue weighted by molar-refractivity contribution is 7.41. The van der Waals surface area contributed by atoms with Gasteiger partial charge in [-0.15, -0.1) is 0 Å². The molecule has 1 aliphatic heterocycles. The van der Waals surface area contributed by atoms with Gasteiger partial charge in [-0.25, -0.2) is 0 Å². The van der Waals surface area contributed by atoms with Gasteiger partial charge in [0.25, 0.3) is 0 Å². The third-order valence-corrected chi connectivity index (χ3v) is 2.57. The zero-order valence-electron chi connectivity index (χ0n) is 6.99. The van der Waals surface area contributed by atoms with Crippen molar-refractivity contribution in [1.29, 1.82) is 5.41 Å². The van der Waals surface area contributed by atoms with Crippen LogP contribution in [-0.4, -0.2) is 26.0 Å². The van der Waals surface area contributed by atoms with E-state index in [4.69, 9.17) is 19.0 Å². The zero-order chi connectivity index (χ0) is 8.65. The lowest BCUT2D eigenvalue weighted by Crippen LogP contribution is -1.95. The lowest BCUT2D eigenvalue weighted by atomic mass is 10.3. The molecule has 1 heterocycles. The fourth-order valence-corrected chi connectivity index (χ4v) is 1.81. The van der Waals surface area contributed by atoms with Crippen molar-refractivity contribution in [2.24, 2.45) is 0 Å². The molecule has 1 N–H and O–H groups in total. The second-order valence-corrected chi connectivity index (χ2v) is 3.64. The van der Waals surface area contributed by atoms with Crippen molar-refractivity contribution < 1.29 is 13.6 Å². The molecule has 12 heavy (non-hydrogen) atoms. The van der Waals surface area contributed by atoms with Gasteiger partial charge >= 0.3 is 8.60 Å². The number of hydrogen-bond acceptors (Lipinski definition) is 4. The van der Waals surface area contributed by atoms with Gasteiger partial charge in [-0.3, -0.25) is 0 Å². The predicted molar refractivity (Wildman–Crippen MR) is 47.4 cm³/mol. The van der Waals surface area contributed by atoms with Crippen LogP contribution in [0, 0.1) is 5.41 Å². The summed E-state index contributed by atoms with van der Waals surface area (Å²) in [7, 11) is -1.11. The maximum absolute atomic E-state index is 6.78. The topological polar surface area (TPSA) is 51.5 Å². The molecule has 1 fully saturated rings.